The molecule has 1 aromatic carbocycles. The van der Waals surface area contributed by atoms with E-state index in [-0.39, 0.29) is 5.56 Å². The third kappa shape index (κ3) is 3.14. The lowest BCUT2D eigenvalue weighted by Gasteiger charge is -1.98. The van der Waals surface area contributed by atoms with E-state index < -0.39 is 5.97 Å². The van der Waals surface area contributed by atoms with Gasteiger partial charge in [0.1, 0.15) is 0 Å². The number of benzene rings is 1. The van der Waals surface area contributed by atoms with Gasteiger partial charge in [-0.1, -0.05) is 12.1 Å². The highest BCUT2D eigenvalue weighted by molar-refractivity contribution is 7.10. The molecule has 2 aromatic heterocycles. The fourth-order valence-corrected chi connectivity index (χ4v) is 2.82. The number of carboxylic acids is 1. The van der Waals surface area contributed by atoms with Crippen molar-refractivity contribution in [1.82, 2.24) is 9.97 Å². The Morgan fingerprint density at radius 2 is 1.81 bits per heavy atom. The van der Waals surface area contributed by atoms with Crippen LogP contribution in [-0.4, -0.2) is 21.0 Å². The predicted octanol–water partition coefficient (Wildman–Crippen LogP) is 3.49. The Labute approximate surface area is 125 Å². The van der Waals surface area contributed by atoms with Gasteiger partial charge in [0.05, 0.1) is 16.3 Å². The molecule has 0 unspecified atom stereocenters. The summed E-state index contributed by atoms with van der Waals surface area (Å²) in [4.78, 5) is 19.4. The minimum absolute atomic E-state index is 0.283. The van der Waals surface area contributed by atoms with E-state index in [2.05, 4.69) is 9.97 Å². The fraction of sp³-hybridized carbons (Fsp3) is 0.0625. The van der Waals surface area contributed by atoms with Crippen molar-refractivity contribution < 1.29 is 9.90 Å². The van der Waals surface area contributed by atoms with Crippen LogP contribution in [0.1, 0.15) is 20.9 Å². The molecule has 0 fully saturated rings. The van der Waals surface area contributed by atoms with Crippen LogP contribution in [0.5, 0.6) is 0 Å². The first-order chi connectivity index (χ1) is 10.2. The Hall–Kier alpha value is -2.53. The zero-order chi connectivity index (χ0) is 14.7. The van der Waals surface area contributed by atoms with Gasteiger partial charge in [0.25, 0.3) is 0 Å². The average molecular weight is 296 g/mol. The molecule has 0 spiro atoms. The molecule has 0 saturated heterocycles. The van der Waals surface area contributed by atoms with E-state index in [4.69, 9.17) is 5.11 Å². The van der Waals surface area contributed by atoms with Crippen LogP contribution in [0.2, 0.25) is 0 Å². The second-order valence-corrected chi connectivity index (χ2v) is 5.48. The average Bonchev–Trinajstić information content (AvgIpc) is 2.97. The van der Waals surface area contributed by atoms with Gasteiger partial charge in [-0.2, -0.15) is 0 Å². The number of nitrogens with zero attached hydrogens (tertiary/aromatic N) is 2. The second-order valence-electron chi connectivity index (χ2n) is 4.54. The second kappa shape index (κ2) is 5.85. The summed E-state index contributed by atoms with van der Waals surface area (Å²) in [5.41, 5.74) is 3.26. The van der Waals surface area contributed by atoms with Crippen LogP contribution in [0.15, 0.2) is 54.2 Å². The van der Waals surface area contributed by atoms with E-state index in [1.807, 2.05) is 17.5 Å². The van der Waals surface area contributed by atoms with Gasteiger partial charge < -0.3 is 5.11 Å². The van der Waals surface area contributed by atoms with Gasteiger partial charge in [0, 0.05) is 29.8 Å². The lowest BCUT2D eigenvalue weighted by molar-refractivity contribution is 0.0697. The van der Waals surface area contributed by atoms with Gasteiger partial charge in [-0.3, -0.25) is 4.98 Å². The number of aromatic nitrogens is 2. The zero-order valence-electron chi connectivity index (χ0n) is 11.1. The van der Waals surface area contributed by atoms with Crippen molar-refractivity contribution in [2.75, 3.05) is 0 Å². The SMILES string of the molecule is O=C(O)c1ccc(-c2csc(Cc3ccncc3)n2)cc1. The molecular formula is C16H12N2O2S. The van der Waals surface area contributed by atoms with Gasteiger partial charge >= 0.3 is 5.97 Å². The predicted molar refractivity (Wildman–Crippen MR) is 81.6 cm³/mol. The quantitative estimate of drug-likeness (QED) is 0.800. The van der Waals surface area contributed by atoms with Crippen molar-refractivity contribution in [2.24, 2.45) is 0 Å². The molecule has 0 atom stereocenters. The van der Waals surface area contributed by atoms with E-state index in [0.717, 1.165) is 22.7 Å². The van der Waals surface area contributed by atoms with Gasteiger partial charge in [0.15, 0.2) is 0 Å². The summed E-state index contributed by atoms with van der Waals surface area (Å²) in [6, 6.07) is 10.7. The molecular weight excluding hydrogens is 284 g/mol. The first-order valence-corrected chi connectivity index (χ1v) is 7.27. The Kier molecular flexibility index (Phi) is 3.75. The molecule has 0 radical (unpaired) electrons. The third-order valence-electron chi connectivity index (χ3n) is 3.08. The molecule has 4 nitrogen and oxygen atoms in total. The minimum Gasteiger partial charge on any atom is -0.478 e. The van der Waals surface area contributed by atoms with Crippen LogP contribution in [0.25, 0.3) is 11.3 Å². The minimum atomic E-state index is -0.918. The van der Waals surface area contributed by atoms with Gasteiger partial charge in [-0.25, -0.2) is 9.78 Å². The van der Waals surface area contributed by atoms with E-state index in [1.165, 1.54) is 5.56 Å². The summed E-state index contributed by atoms with van der Waals surface area (Å²) in [5, 5.41) is 11.9. The monoisotopic (exact) mass is 296 g/mol. The number of carboxylic acid groups (broad SMARTS) is 1. The molecule has 0 bridgehead atoms. The van der Waals surface area contributed by atoms with Crippen LogP contribution in [0, 0.1) is 0 Å². The molecule has 3 aromatic rings. The Morgan fingerprint density at radius 1 is 1.10 bits per heavy atom. The van der Waals surface area contributed by atoms with E-state index >= 15 is 0 Å². The Morgan fingerprint density at radius 3 is 2.48 bits per heavy atom. The highest BCUT2D eigenvalue weighted by atomic mass is 32.1. The molecule has 0 aliphatic carbocycles. The van der Waals surface area contributed by atoms with Gasteiger partial charge in [-0.15, -0.1) is 11.3 Å². The Bertz CT molecular complexity index is 751. The Balaban J connectivity index is 1.80. The smallest absolute Gasteiger partial charge is 0.335 e. The fourth-order valence-electron chi connectivity index (χ4n) is 1.98. The topological polar surface area (TPSA) is 63.1 Å². The van der Waals surface area contributed by atoms with Crippen molar-refractivity contribution in [3.63, 3.8) is 0 Å². The number of carbonyl (C=O) groups is 1. The van der Waals surface area contributed by atoms with Crippen LogP contribution < -0.4 is 0 Å². The third-order valence-corrected chi connectivity index (χ3v) is 3.93. The van der Waals surface area contributed by atoms with Crippen LogP contribution in [0.4, 0.5) is 0 Å². The summed E-state index contributed by atoms with van der Waals surface area (Å²) < 4.78 is 0. The maximum atomic E-state index is 10.8. The normalized spacial score (nSPS) is 10.5. The van der Waals surface area contributed by atoms with Crippen molar-refractivity contribution in [2.45, 2.75) is 6.42 Å². The van der Waals surface area contributed by atoms with Crippen LogP contribution >= 0.6 is 11.3 Å². The van der Waals surface area contributed by atoms with Crippen molar-refractivity contribution in [3.05, 3.63) is 70.3 Å². The highest BCUT2D eigenvalue weighted by Gasteiger charge is 2.07. The molecule has 0 aliphatic rings. The number of rotatable bonds is 4. The maximum Gasteiger partial charge on any atom is 0.335 e. The largest absolute Gasteiger partial charge is 0.478 e. The molecule has 104 valence electrons. The van der Waals surface area contributed by atoms with E-state index in [9.17, 15) is 4.79 Å². The van der Waals surface area contributed by atoms with Crippen LogP contribution in [0.3, 0.4) is 0 Å². The van der Waals surface area contributed by atoms with E-state index in [0.29, 0.717) is 0 Å². The van der Waals surface area contributed by atoms with Gasteiger partial charge in [-0.05, 0) is 29.8 Å². The standard InChI is InChI=1S/C16H12N2O2S/c19-16(20)13-3-1-12(2-4-13)14-10-21-15(18-14)9-11-5-7-17-8-6-11/h1-8,10H,9H2,(H,19,20). The molecule has 3 rings (SSSR count). The summed E-state index contributed by atoms with van der Waals surface area (Å²) in [5.74, 6) is -0.918. The summed E-state index contributed by atoms with van der Waals surface area (Å²) in [7, 11) is 0. The zero-order valence-corrected chi connectivity index (χ0v) is 11.9. The number of aromatic carboxylic acids is 1. The molecule has 5 heteroatoms. The molecule has 21 heavy (non-hydrogen) atoms. The molecule has 0 aliphatic heterocycles. The lowest BCUT2D eigenvalue weighted by Crippen LogP contribution is -1.95. The summed E-state index contributed by atoms with van der Waals surface area (Å²) >= 11 is 1.60. The summed E-state index contributed by atoms with van der Waals surface area (Å²) in [6.07, 6.45) is 4.32. The van der Waals surface area contributed by atoms with Crippen molar-refractivity contribution >= 4 is 17.3 Å². The first kappa shape index (κ1) is 13.5. The van der Waals surface area contributed by atoms with Crippen molar-refractivity contribution in [1.29, 1.82) is 0 Å². The lowest BCUT2D eigenvalue weighted by atomic mass is 10.1. The first-order valence-electron chi connectivity index (χ1n) is 6.39. The van der Waals surface area contributed by atoms with Crippen LogP contribution in [-0.2, 0) is 6.42 Å². The molecule has 0 saturated carbocycles. The molecule has 1 N–H and O–H groups in total. The number of hydrogen-bond acceptors (Lipinski definition) is 4. The highest BCUT2D eigenvalue weighted by Crippen LogP contribution is 2.23. The van der Waals surface area contributed by atoms with Crippen molar-refractivity contribution in [3.8, 4) is 11.3 Å². The molecule has 0 amide bonds. The number of thiazole rings is 1. The molecule has 2 heterocycles. The van der Waals surface area contributed by atoms with E-state index in [1.54, 1.807) is 48.0 Å². The maximum absolute atomic E-state index is 10.8. The van der Waals surface area contributed by atoms with Gasteiger partial charge in [0.2, 0.25) is 0 Å². The summed E-state index contributed by atoms with van der Waals surface area (Å²) in [6.45, 7) is 0. The number of hydrogen-bond donors (Lipinski definition) is 1. The number of pyridine rings is 1.